The van der Waals surface area contributed by atoms with Crippen LogP contribution in [0.1, 0.15) is 42.7 Å². The fourth-order valence-corrected chi connectivity index (χ4v) is 2.80. The van der Waals surface area contributed by atoms with E-state index in [0.29, 0.717) is 34.7 Å². The van der Waals surface area contributed by atoms with Crippen molar-refractivity contribution in [3.05, 3.63) is 39.8 Å². The Hall–Kier alpha value is -2.76. The molecular weight excluding hydrogens is 322 g/mol. The summed E-state index contributed by atoms with van der Waals surface area (Å²) in [6.07, 6.45) is 2.31. The summed E-state index contributed by atoms with van der Waals surface area (Å²) in [5, 5.41) is 10.7. The number of methoxy groups -OCH3 is 2. The standard InChI is InChI=1S/C19H23NO5/c1-5-6-7-14-17(18(22)16(11(2)21)19(23)20-14)13-10-12(24-3)8-9-15(13)25-4/h8-10H,5-7H2,1-4H3,(H2,20,22,23). The van der Waals surface area contributed by atoms with Gasteiger partial charge in [0, 0.05) is 16.8 Å². The number of aromatic amines is 1. The lowest BCUT2D eigenvalue weighted by Crippen LogP contribution is -2.19. The molecule has 2 aromatic rings. The van der Waals surface area contributed by atoms with Gasteiger partial charge in [-0.2, -0.15) is 0 Å². The van der Waals surface area contributed by atoms with Crippen molar-refractivity contribution in [3.8, 4) is 28.4 Å². The highest BCUT2D eigenvalue weighted by molar-refractivity contribution is 5.99. The molecule has 0 bridgehead atoms. The van der Waals surface area contributed by atoms with Crippen LogP contribution in [0.2, 0.25) is 0 Å². The van der Waals surface area contributed by atoms with E-state index in [1.807, 2.05) is 6.92 Å². The molecule has 25 heavy (non-hydrogen) atoms. The maximum atomic E-state index is 12.2. The van der Waals surface area contributed by atoms with Crippen LogP contribution in [0.5, 0.6) is 17.2 Å². The lowest BCUT2D eigenvalue weighted by atomic mass is 9.95. The number of hydrogen-bond acceptors (Lipinski definition) is 5. The Morgan fingerprint density at radius 1 is 1.24 bits per heavy atom. The number of nitrogens with one attached hydrogen (secondary N) is 1. The summed E-state index contributed by atoms with van der Waals surface area (Å²) >= 11 is 0. The van der Waals surface area contributed by atoms with E-state index in [2.05, 4.69) is 4.98 Å². The molecule has 6 heteroatoms. The van der Waals surface area contributed by atoms with Gasteiger partial charge in [-0.25, -0.2) is 0 Å². The van der Waals surface area contributed by atoms with E-state index >= 15 is 0 Å². The molecular formula is C19H23NO5. The van der Waals surface area contributed by atoms with Crippen LogP contribution in [0.25, 0.3) is 11.1 Å². The van der Waals surface area contributed by atoms with Crippen LogP contribution in [0.3, 0.4) is 0 Å². The number of ether oxygens (including phenoxy) is 2. The second-order valence-electron chi connectivity index (χ2n) is 5.76. The number of aromatic nitrogens is 1. The predicted molar refractivity (Wildman–Crippen MR) is 95.9 cm³/mol. The predicted octanol–water partition coefficient (Wildman–Crippen LogP) is 3.31. The number of rotatable bonds is 7. The maximum absolute atomic E-state index is 12.2. The number of aryl methyl sites for hydroxylation is 1. The number of aromatic hydroxyl groups is 1. The summed E-state index contributed by atoms with van der Waals surface area (Å²) in [4.78, 5) is 26.8. The quantitative estimate of drug-likeness (QED) is 0.752. The number of pyridine rings is 1. The highest BCUT2D eigenvalue weighted by atomic mass is 16.5. The van der Waals surface area contributed by atoms with Crippen LogP contribution >= 0.6 is 0 Å². The van der Waals surface area contributed by atoms with Crippen LogP contribution in [-0.2, 0) is 6.42 Å². The van der Waals surface area contributed by atoms with E-state index in [-0.39, 0.29) is 11.3 Å². The molecule has 0 aliphatic carbocycles. The molecule has 0 radical (unpaired) electrons. The largest absolute Gasteiger partial charge is 0.506 e. The molecule has 2 N–H and O–H groups in total. The third kappa shape index (κ3) is 3.68. The van der Waals surface area contributed by atoms with Crippen LogP contribution in [0, 0.1) is 0 Å². The highest BCUT2D eigenvalue weighted by Crippen LogP contribution is 2.41. The molecule has 134 valence electrons. The van der Waals surface area contributed by atoms with E-state index in [1.165, 1.54) is 21.1 Å². The Morgan fingerprint density at radius 3 is 2.52 bits per heavy atom. The lowest BCUT2D eigenvalue weighted by molar-refractivity contribution is 0.101. The summed E-state index contributed by atoms with van der Waals surface area (Å²) in [5.41, 5.74) is 0.695. The van der Waals surface area contributed by atoms with Gasteiger partial charge in [-0.15, -0.1) is 0 Å². The molecule has 0 spiro atoms. The fourth-order valence-electron chi connectivity index (χ4n) is 2.80. The first-order valence-electron chi connectivity index (χ1n) is 8.16. The van der Waals surface area contributed by atoms with Gasteiger partial charge in [0.2, 0.25) is 0 Å². The minimum atomic E-state index is -0.582. The Labute approximate surface area is 146 Å². The van der Waals surface area contributed by atoms with E-state index < -0.39 is 11.3 Å². The summed E-state index contributed by atoms with van der Waals surface area (Å²) in [5.74, 6) is 0.264. The second-order valence-corrected chi connectivity index (χ2v) is 5.76. The van der Waals surface area contributed by atoms with Crippen LogP contribution in [-0.4, -0.2) is 30.1 Å². The summed E-state index contributed by atoms with van der Waals surface area (Å²) < 4.78 is 10.7. The number of carbonyl (C=O) groups excluding carboxylic acids is 1. The minimum absolute atomic E-state index is 0.250. The van der Waals surface area contributed by atoms with Crippen molar-refractivity contribution in [3.63, 3.8) is 0 Å². The fraction of sp³-hybridized carbons (Fsp3) is 0.368. The van der Waals surface area contributed by atoms with Gasteiger partial charge in [0.25, 0.3) is 5.56 Å². The highest BCUT2D eigenvalue weighted by Gasteiger charge is 2.23. The molecule has 0 atom stereocenters. The third-order valence-electron chi connectivity index (χ3n) is 4.08. The molecule has 0 aliphatic heterocycles. The second kappa shape index (κ2) is 7.88. The van der Waals surface area contributed by atoms with Crippen molar-refractivity contribution < 1.29 is 19.4 Å². The molecule has 0 amide bonds. The lowest BCUT2D eigenvalue weighted by Gasteiger charge is -2.17. The summed E-state index contributed by atoms with van der Waals surface area (Å²) in [6, 6.07) is 5.17. The first-order valence-corrected chi connectivity index (χ1v) is 8.16. The Balaban J connectivity index is 2.84. The van der Waals surface area contributed by atoms with Gasteiger partial charge in [0.15, 0.2) is 5.78 Å². The Morgan fingerprint density at radius 2 is 1.96 bits per heavy atom. The van der Waals surface area contributed by atoms with Crippen LogP contribution < -0.4 is 15.0 Å². The molecule has 1 aromatic heterocycles. The number of unbranched alkanes of at least 4 members (excludes halogenated alkanes) is 1. The van der Waals surface area contributed by atoms with Crippen molar-refractivity contribution in [1.29, 1.82) is 0 Å². The Kier molecular flexibility index (Phi) is 5.85. The molecule has 1 aromatic carbocycles. The minimum Gasteiger partial charge on any atom is -0.506 e. The van der Waals surface area contributed by atoms with E-state index in [0.717, 1.165) is 12.8 Å². The van der Waals surface area contributed by atoms with Gasteiger partial charge in [-0.1, -0.05) is 13.3 Å². The topological polar surface area (TPSA) is 88.6 Å². The molecule has 2 rings (SSSR count). The van der Waals surface area contributed by atoms with Gasteiger partial charge in [-0.3, -0.25) is 9.59 Å². The van der Waals surface area contributed by atoms with E-state index in [9.17, 15) is 14.7 Å². The van der Waals surface area contributed by atoms with Gasteiger partial charge in [-0.05, 0) is 38.0 Å². The summed E-state index contributed by atoms with van der Waals surface area (Å²) in [6.45, 7) is 3.29. The third-order valence-corrected chi connectivity index (χ3v) is 4.08. The van der Waals surface area contributed by atoms with Crippen molar-refractivity contribution in [2.45, 2.75) is 33.1 Å². The zero-order valence-electron chi connectivity index (χ0n) is 14.9. The molecule has 0 saturated heterocycles. The van der Waals surface area contributed by atoms with Crippen molar-refractivity contribution in [1.82, 2.24) is 4.98 Å². The van der Waals surface area contributed by atoms with Crippen LogP contribution in [0.15, 0.2) is 23.0 Å². The van der Waals surface area contributed by atoms with E-state index in [4.69, 9.17) is 9.47 Å². The molecule has 0 unspecified atom stereocenters. The van der Waals surface area contributed by atoms with Gasteiger partial charge in [0.05, 0.1) is 14.2 Å². The number of hydrogen-bond donors (Lipinski definition) is 2. The maximum Gasteiger partial charge on any atom is 0.262 e. The number of H-pyrrole nitrogens is 1. The number of carbonyl (C=O) groups is 1. The summed E-state index contributed by atoms with van der Waals surface area (Å²) in [7, 11) is 3.06. The zero-order valence-corrected chi connectivity index (χ0v) is 14.9. The van der Waals surface area contributed by atoms with Gasteiger partial charge < -0.3 is 19.6 Å². The molecule has 1 heterocycles. The SMILES string of the molecule is CCCCc1[nH]c(=O)c(C(C)=O)c(O)c1-c1cc(OC)ccc1OC. The van der Waals surface area contributed by atoms with Gasteiger partial charge in [0.1, 0.15) is 22.8 Å². The molecule has 0 aliphatic rings. The van der Waals surface area contributed by atoms with E-state index in [1.54, 1.807) is 18.2 Å². The average molecular weight is 345 g/mol. The van der Waals surface area contributed by atoms with Gasteiger partial charge >= 0.3 is 0 Å². The Bertz CT molecular complexity index is 838. The zero-order chi connectivity index (χ0) is 18.6. The first kappa shape index (κ1) is 18.6. The number of Topliss-reactive ketones (excluding diaryl/α,β-unsaturated/α-hetero) is 1. The smallest absolute Gasteiger partial charge is 0.262 e. The number of ketones is 1. The first-order chi connectivity index (χ1) is 11.9. The molecule has 0 fully saturated rings. The van der Waals surface area contributed by atoms with Crippen molar-refractivity contribution in [2.75, 3.05) is 14.2 Å². The molecule has 6 nitrogen and oxygen atoms in total. The normalized spacial score (nSPS) is 10.6. The van der Waals surface area contributed by atoms with Crippen molar-refractivity contribution in [2.24, 2.45) is 0 Å². The van der Waals surface area contributed by atoms with Crippen molar-refractivity contribution >= 4 is 5.78 Å². The van der Waals surface area contributed by atoms with Crippen LogP contribution in [0.4, 0.5) is 0 Å². The monoisotopic (exact) mass is 345 g/mol. The molecule has 0 saturated carbocycles. The average Bonchev–Trinajstić information content (AvgIpc) is 2.58. The number of benzene rings is 1.